The zero-order chi connectivity index (χ0) is 19.4. The number of thioether (sulfide) groups is 1. The Bertz CT molecular complexity index is 911. The number of rotatable bonds is 2. The fourth-order valence-electron chi connectivity index (χ4n) is 4.75. The Hall–Kier alpha value is -1.34. The standard InChI is InChI=1S/C21H29N5S2/c1-4-15-11-16-17(23-14-24-18(16)27-15)25-8-5-21(6-9-25)7-10-26(13-21)19-22-12-20(2,3)28-19/h11,14H,4-10,12-13H2,1-3H3. The molecule has 0 radical (unpaired) electrons. The molecule has 0 atom stereocenters. The van der Waals surface area contributed by atoms with Gasteiger partial charge in [-0.25, -0.2) is 9.97 Å². The lowest BCUT2D eigenvalue weighted by molar-refractivity contribution is 0.233. The summed E-state index contributed by atoms with van der Waals surface area (Å²) in [5, 5.41) is 2.53. The summed E-state index contributed by atoms with van der Waals surface area (Å²) in [6.07, 6.45) is 6.62. The van der Waals surface area contributed by atoms with Gasteiger partial charge in [-0.2, -0.15) is 0 Å². The van der Waals surface area contributed by atoms with Crippen LogP contribution in [-0.2, 0) is 6.42 Å². The van der Waals surface area contributed by atoms with Crippen LogP contribution in [0, 0.1) is 5.41 Å². The number of nitrogens with zero attached hydrogens (tertiary/aromatic N) is 5. The highest BCUT2D eigenvalue weighted by Crippen LogP contribution is 2.44. The number of thiophene rings is 1. The largest absolute Gasteiger partial charge is 0.356 e. The quantitative estimate of drug-likeness (QED) is 0.726. The summed E-state index contributed by atoms with van der Waals surface area (Å²) in [4.78, 5) is 21.6. The van der Waals surface area contributed by atoms with E-state index in [-0.39, 0.29) is 4.75 Å². The average Bonchev–Trinajstić information content (AvgIpc) is 3.39. The number of amidine groups is 1. The predicted molar refractivity (Wildman–Crippen MR) is 121 cm³/mol. The molecule has 2 fully saturated rings. The molecule has 7 heteroatoms. The second-order valence-electron chi connectivity index (χ2n) is 9.10. The predicted octanol–water partition coefficient (Wildman–Crippen LogP) is 4.43. The smallest absolute Gasteiger partial charge is 0.159 e. The molecule has 2 saturated heterocycles. The molecule has 5 rings (SSSR count). The van der Waals surface area contributed by atoms with Gasteiger partial charge in [0, 0.05) is 35.8 Å². The number of hydrogen-bond donors (Lipinski definition) is 0. The zero-order valence-corrected chi connectivity index (χ0v) is 18.7. The van der Waals surface area contributed by atoms with Crippen LogP contribution in [0.5, 0.6) is 0 Å². The number of anilines is 1. The molecule has 150 valence electrons. The third-order valence-corrected chi connectivity index (χ3v) is 8.94. The first-order chi connectivity index (χ1) is 13.5. The van der Waals surface area contributed by atoms with Gasteiger partial charge >= 0.3 is 0 Å². The average molecular weight is 416 g/mol. The van der Waals surface area contributed by atoms with E-state index in [1.807, 2.05) is 23.1 Å². The molecule has 2 aromatic heterocycles. The van der Waals surface area contributed by atoms with Crippen LogP contribution in [0.4, 0.5) is 5.82 Å². The van der Waals surface area contributed by atoms with Crippen molar-refractivity contribution >= 4 is 44.3 Å². The van der Waals surface area contributed by atoms with E-state index >= 15 is 0 Å². The molecule has 0 saturated carbocycles. The van der Waals surface area contributed by atoms with Crippen LogP contribution in [0.2, 0.25) is 0 Å². The van der Waals surface area contributed by atoms with E-state index in [9.17, 15) is 0 Å². The van der Waals surface area contributed by atoms with Gasteiger partial charge in [-0.1, -0.05) is 18.7 Å². The Balaban J connectivity index is 1.28. The van der Waals surface area contributed by atoms with Crippen molar-refractivity contribution in [2.75, 3.05) is 37.6 Å². The van der Waals surface area contributed by atoms with Crippen molar-refractivity contribution in [1.82, 2.24) is 14.9 Å². The highest BCUT2D eigenvalue weighted by atomic mass is 32.2. The van der Waals surface area contributed by atoms with Gasteiger partial charge in [0.15, 0.2) is 5.17 Å². The van der Waals surface area contributed by atoms with E-state index in [2.05, 4.69) is 46.6 Å². The van der Waals surface area contributed by atoms with Crippen molar-refractivity contribution in [3.8, 4) is 0 Å². The summed E-state index contributed by atoms with van der Waals surface area (Å²) in [5.41, 5.74) is 0.460. The maximum atomic E-state index is 4.83. The summed E-state index contributed by atoms with van der Waals surface area (Å²) in [6, 6.07) is 2.30. The monoisotopic (exact) mass is 415 g/mol. The number of aliphatic imine (C=N–C) groups is 1. The van der Waals surface area contributed by atoms with E-state index in [1.165, 1.54) is 47.8 Å². The normalized spacial score (nSPS) is 23.8. The van der Waals surface area contributed by atoms with Crippen LogP contribution in [-0.4, -0.2) is 57.5 Å². The van der Waals surface area contributed by atoms with Crippen LogP contribution in [0.1, 0.15) is 44.9 Å². The SMILES string of the molecule is CCc1cc2c(N3CCC4(CCN(C5=NCC(C)(C)S5)C4)CC3)ncnc2s1. The van der Waals surface area contributed by atoms with E-state index in [1.54, 1.807) is 6.33 Å². The van der Waals surface area contributed by atoms with Gasteiger partial charge in [0.25, 0.3) is 0 Å². The third kappa shape index (κ3) is 3.30. The van der Waals surface area contributed by atoms with Crippen LogP contribution >= 0.6 is 23.1 Å². The van der Waals surface area contributed by atoms with Gasteiger partial charge in [-0.3, -0.25) is 4.99 Å². The van der Waals surface area contributed by atoms with Crippen molar-refractivity contribution in [1.29, 1.82) is 0 Å². The minimum absolute atomic E-state index is 0.269. The number of hydrogen-bond acceptors (Lipinski definition) is 7. The first-order valence-electron chi connectivity index (χ1n) is 10.4. The molecule has 0 N–H and O–H groups in total. The molecule has 0 unspecified atom stereocenters. The molecule has 5 heterocycles. The number of aryl methyl sites for hydroxylation is 1. The van der Waals surface area contributed by atoms with Crippen molar-refractivity contribution in [3.05, 3.63) is 17.3 Å². The van der Waals surface area contributed by atoms with Crippen molar-refractivity contribution in [3.63, 3.8) is 0 Å². The second kappa shape index (κ2) is 6.87. The Morgan fingerprint density at radius 3 is 2.50 bits per heavy atom. The molecule has 1 spiro atoms. The topological polar surface area (TPSA) is 44.6 Å². The lowest BCUT2D eigenvalue weighted by atomic mass is 9.78. The Morgan fingerprint density at radius 2 is 1.82 bits per heavy atom. The summed E-state index contributed by atoms with van der Waals surface area (Å²) < 4.78 is 0.269. The molecule has 5 nitrogen and oxygen atoms in total. The van der Waals surface area contributed by atoms with Crippen LogP contribution in [0.15, 0.2) is 17.4 Å². The fourth-order valence-corrected chi connectivity index (χ4v) is 6.72. The Kier molecular flexibility index (Phi) is 4.58. The first-order valence-corrected chi connectivity index (χ1v) is 12.1. The molecule has 28 heavy (non-hydrogen) atoms. The molecule has 2 aromatic rings. The second-order valence-corrected chi connectivity index (χ2v) is 11.9. The maximum absolute atomic E-state index is 4.83. The van der Waals surface area contributed by atoms with Crippen molar-refractivity contribution < 1.29 is 0 Å². The third-order valence-electron chi connectivity index (χ3n) is 6.50. The molecular weight excluding hydrogens is 386 g/mol. The van der Waals surface area contributed by atoms with Crippen molar-refractivity contribution in [2.24, 2.45) is 10.4 Å². The van der Waals surface area contributed by atoms with E-state index in [0.717, 1.165) is 36.7 Å². The summed E-state index contributed by atoms with van der Waals surface area (Å²) in [6.45, 7) is 12.3. The fraction of sp³-hybridized carbons (Fsp3) is 0.667. The van der Waals surface area contributed by atoms with Gasteiger partial charge in [0.1, 0.15) is 17.0 Å². The van der Waals surface area contributed by atoms with Gasteiger partial charge < -0.3 is 9.80 Å². The van der Waals surface area contributed by atoms with Crippen LogP contribution < -0.4 is 4.90 Å². The molecule has 0 aromatic carbocycles. The summed E-state index contributed by atoms with van der Waals surface area (Å²) >= 11 is 3.77. The minimum atomic E-state index is 0.269. The van der Waals surface area contributed by atoms with Gasteiger partial charge in [0.05, 0.1) is 11.9 Å². The minimum Gasteiger partial charge on any atom is -0.356 e. The lowest BCUT2D eigenvalue weighted by Gasteiger charge is -2.40. The Morgan fingerprint density at radius 1 is 1.07 bits per heavy atom. The van der Waals surface area contributed by atoms with Gasteiger partial charge in [0.2, 0.25) is 0 Å². The highest BCUT2D eigenvalue weighted by molar-refractivity contribution is 8.15. The number of fused-ring (bicyclic) bond motifs is 1. The van der Waals surface area contributed by atoms with E-state index < -0.39 is 0 Å². The summed E-state index contributed by atoms with van der Waals surface area (Å²) in [7, 11) is 0. The molecule has 0 amide bonds. The molecular formula is C21H29N5S2. The Labute approximate surface area is 175 Å². The number of aromatic nitrogens is 2. The van der Waals surface area contributed by atoms with Crippen LogP contribution in [0.3, 0.4) is 0 Å². The number of piperidine rings is 1. The van der Waals surface area contributed by atoms with Gasteiger partial charge in [-0.05, 0) is 51.0 Å². The van der Waals surface area contributed by atoms with Gasteiger partial charge in [-0.15, -0.1) is 11.3 Å². The van der Waals surface area contributed by atoms with E-state index in [4.69, 9.17) is 4.99 Å². The zero-order valence-electron chi connectivity index (χ0n) is 17.1. The molecule has 0 bridgehead atoms. The first kappa shape index (κ1) is 18.7. The highest BCUT2D eigenvalue weighted by Gasteiger charge is 2.43. The molecule has 0 aliphatic carbocycles. The summed E-state index contributed by atoms with van der Waals surface area (Å²) in [5.74, 6) is 1.14. The van der Waals surface area contributed by atoms with Crippen molar-refractivity contribution in [2.45, 2.75) is 51.2 Å². The maximum Gasteiger partial charge on any atom is 0.159 e. The molecule has 3 aliphatic rings. The lowest BCUT2D eigenvalue weighted by Crippen LogP contribution is -2.42. The molecule has 3 aliphatic heterocycles. The van der Waals surface area contributed by atoms with E-state index in [0.29, 0.717) is 5.41 Å². The van der Waals surface area contributed by atoms with Crippen LogP contribution in [0.25, 0.3) is 10.2 Å². The number of likely N-dealkylation sites (tertiary alicyclic amines) is 1.